The quantitative estimate of drug-likeness (QED) is 0.897. The number of nitrogens with one attached hydrogen (secondary N) is 1. The van der Waals surface area contributed by atoms with E-state index in [1.807, 2.05) is 72.1 Å². The molecule has 1 aromatic heterocycles. The number of carbonyl (C=O) groups is 2. The lowest BCUT2D eigenvalue weighted by atomic mass is 10.0. The molecule has 1 aromatic carbocycles. The van der Waals surface area contributed by atoms with Gasteiger partial charge in [-0.25, -0.2) is 0 Å². The van der Waals surface area contributed by atoms with Crippen molar-refractivity contribution in [1.82, 2.24) is 14.8 Å². The van der Waals surface area contributed by atoms with E-state index in [-0.39, 0.29) is 17.9 Å². The summed E-state index contributed by atoms with van der Waals surface area (Å²) in [5.74, 6) is 0.549. The van der Waals surface area contributed by atoms with Gasteiger partial charge >= 0.3 is 0 Å². The van der Waals surface area contributed by atoms with Gasteiger partial charge in [0.05, 0.1) is 0 Å². The van der Waals surface area contributed by atoms with Crippen molar-refractivity contribution in [2.75, 3.05) is 13.1 Å². The maximum atomic E-state index is 12.7. The highest BCUT2D eigenvalue weighted by molar-refractivity contribution is 5.94. The van der Waals surface area contributed by atoms with Crippen LogP contribution in [-0.4, -0.2) is 40.4 Å². The average Bonchev–Trinajstić information content (AvgIpc) is 3.16. The minimum absolute atomic E-state index is 0.0658. The molecule has 2 heterocycles. The zero-order valence-corrected chi connectivity index (χ0v) is 15.5. The van der Waals surface area contributed by atoms with Crippen LogP contribution < -0.4 is 5.32 Å². The van der Waals surface area contributed by atoms with E-state index in [2.05, 4.69) is 5.32 Å². The van der Waals surface area contributed by atoms with E-state index in [0.29, 0.717) is 31.0 Å². The molecule has 0 aliphatic carbocycles. The highest BCUT2D eigenvalue weighted by atomic mass is 16.2. The van der Waals surface area contributed by atoms with E-state index in [4.69, 9.17) is 0 Å². The van der Waals surface area contributed by atoms with Crippen molar-refractivity contribution in [2.45, 2.75) is 39.2 Å². The predicted molar refractivity (Wildman–Crippen MR) is 102 cm³/mol. The monoisotopic (exact) mass is 353 g/mol. The fourth-order valence-corrected chi connectivity index (χ4v) is 3.35. The number of piperidine rings is 1. The van der Waals surface area contributed by atoms with Gasteiger partial charge in [0.25, 0.3) is 5.91 Å². The van der Waals surface area contributed by atoms with Gasteiger partial charge in [-0.05, 0) is 55.2 Å². The van der Waals surface area contributed by atoms with Crippen LogP contribution >= 0.6 is 0 Å². The molecule has 0 bridgehead atoms. The van der Waals surface area contributed by atoms with Gasteiger partial charge in [-0.1, -0.05) is 13.8 Å². The molecule has 3 rings (SSSR count). The first-order valence-electron chi connectivity index (χ1n) is 9.35. The summed E-state index contributed by atoms with van der Waals surface area (Å²) < 4.78 is 2.01. The van der Waals surface area contributed by atoms with Crippen LogP contribution in [0.1, 0.15) is 43.5 Å². The third-order valence-corrected chi connectivity index (χ3v) is 4.76. The van der Waals surface area contributed by atoms with Gasteiger partial charge in [0.2, 0.25) is 5.91 Å². The Bertz CT molecular complexity index is 727. The molecular weight excluding hydrogens is 326 g/mol. The van der Waals surface area contributed by atoms with Crippen molar-refractivity contribution < 1.29 is 9.59 Å². The van der Waals surface area contributed by atoms with Crippen LogP contribution in [0.5, 0.6) is 0 Å². The second-order valence-corrected chi connectivity index (χ2v) is 7.37. The molecule has 138 valence electrons. The molecule has 2 amide bonds. The second-order valence-electron chi connectivity index (χ2n) is 7.37. The Hall–Kier alpha value is -2.56. The van der Waals surface area contributed by atoms with Crippen LogP contribution in [0.4, 0.5) is 0 Å². The summed E-state index contributed by atoms with van der Waals surface area (Å²) in [4.78, 5) is 26.5. The molecular formula is C21H27N3O2. The van der Waals surface area contributed by atoms with E-state index in [0.717, 1.165) is 18.5 Å². The third-order valence-electron chi connectivity index (χ3n) is 4.76. The van der Waals surface area contributed by atoms with Gasteiger partial charge in [0.15, 0.2) is 0 Å². The normalized spacial score (nSPS) is 15.3. The average molecular weight is 353 g/mol. The first kappa shape index (κ1) is 18.2. The fourth-order valence-electron chi connectivity index (χ4n) is 3.35. The summed E-state index contributed by atoms with van der Waals surface area (Å²) in [6.45, 7) is 5.46. The number of aromatic nitrogens is 1. The standard InChI is InChI=1S/C21H27N3O2/c1-16(2)15-20(25)22-18-9-13-24(14-10-18)21(26)17-5-7-19(8-6-17)23-11-3-4-12-23/h3-8,11-12,16,18H,9-10,13-15H2,1-2H3,(H,22,25). The van der Waals surface area contributed by atoms with Crippen molar-refractivity contribution >= 4 is 11.8 Å². The van der Waals surface area contributed by atoms with Crippen LogP contribution in [0.2, 0.25) is 0 Å². The smallest absolute Gasteiger partial charge is 0.253 e. The molecule has 0 radical (unpaired) electrons. The lowest BCUT2D eigenvalue weighted by molar-refractivity contribution is -0.122. The molecule has 1 fully saturated rings. The second kappa shape index (κ2) is 8.21. The highest BCUT2D eigenvalue weighted by Gasteiger charge is 2.24. The van der Waals surface area contributed by atoms with Gasteiger partial charge in [-0.3, -0.25) is 9.59 Å². The number of carbonyl (C=O) groups excluding carboxylic acids is 2. The number of amides is 2. The topological polar surface area (TPSA) is 54.3 Å². The first-order chi connectivity index (χ1) is 12.5. The van der Waals surface area contributed by atoms with E-state index >= 15 is 0 Å². The third kappa shape index (κ3) is 4.54. The highest BCUT2D eigenvalue weighted by Crippen LogP contribution is 2.16. The molecule has 5 nitrogen and oxygen atoms in total. The Morgan fingerprint density at radius 1 is 1.08 bits per heavy atom. The number of hydrogen-bond acceptors (Lipinski definition) is 2. The van der Waals surface area contributed by atoms with Crippen molar-refractivity contribution in [1.29, 1.82) is 0 Å². The Morgan fingerprint density at radius 2 is 1.69 bits per heavy atom. The lowest BCUT2D eigenvalue weighted by Crippen LogP contribution is -2.46. The van der Waals surface area contributed by atoms with Gasteiger partial charge < -0.3 is 14.8 Å². The summed E-state index contributed by atoms with van der Waals surface area (Å²) >= 11 is 0. The Morgan fingerprint density at radius 3 is 2.27 bits per heavy atom. The molecule has 0 spiro atoms. The maximum absolute atomic E-state index is 12.7. The summed E-state index contributed by atoms with van der Waals surface area (Å²) in [6, 6.07) is 11.8. The zero-order valence-electron chi connectivity index (χ0n) is 15.5. The van der Waals surface area contributed by atoms with Crippen molar-refractivity contribution in [3.05, 3.63) is 54.4 Å². The van der Waals surface area contributed by atoms with Gasteiger partial charge in [0, 0.05) is 49.2 Å². The molecule has 26 heavy (non-hydrogen) atoms. The maximum Gasteiger partial charge on any atom is 0.253 e. The Balaban J connectivity index is 1.53. The van der Waals surface area contributed by atoms with Crippen LogP contribution in [0, 0.1) is 5.92 Å². The summed E-state index contributed by atoms with van der Waals surface area (Å²) in [6.07, 6.45) is 6.16. The van der Waals surface area contributed by atoms with Crippen molar-refractivity contribution in [3.63, 3.8) is 0 Å². The summed E-state index contributed by atoms with van der Waals surface area (Å²) in [7, 11) is 0. The summed E-state index contributed by atoms with van der Waals surface area (Å²) in [5, 5.41) is 3.09. The molecule has 2 aromatic rings. The minimum Gasteiger partial charge on any atom is -0.353 e. The van der Waals surface area contributed by atoms with Gasteiger partial charge in [-0.15, -0.1) is 0 Å². The van der Waals surface area contributed by atoms with E-state index in [1.54, 1.807) is 0 Å². The van der Waals surface area contributed by atoms with Gasteiger partial charge in [-0.2, -0.15) is 0 Å². The predicted octanol–water partition coefficient (Wildman–Crippen LogP) is 3.24. The number of nitrogens with zero attached hydrogens (tertiary/aromatic N) is 2. The number of likely N-dealkylation sites (tertiary alicyclic amines) is 1. The molecule has 0 saturated carbocycles. The fraction of sp³-hybridized carbons (Fsp3) is 0.429. The summed E-state index contributed by atoms with van der Waals surface area (Å²) in [5.41, 5.74) is 1.75. The molecule has 1 aliphatic heterocycles. The molecule has 1 N–H and O–H groups in total. The number of hydrogen-bond donors (Lipinski definition) is 1. The first-order valence-corrected chi connectivity index (χ1v) is 9.35. The lowest BCUT2D eigenvalue weighted by Gasteiger charge is -2.32. The molecule has 5 heteroatoms. The van der Waals surface area contributed by atoms with Crippen molar-refractivity contribution in [3.8, 4) is 5.69 Å². The number of rotatable bonds is 5. The minimum atomic E-state index is 0.0658. The SMILES string of the molecule is CC(C)CC(=O)NC1CCN(C(=O)c2ccc(-n3cccc3)cc2)CC1. The van der Waals surface area contributed by atoms with Crippen LogP contribution in [0.25, 0.3) is 5.69 Å². The van der Waals surface area contributed by atoms with E-state index in [9.17, 15) is 9.59 Å². The molecule has 1 aliphatic rings. The van der Waals surface area contributed by atoms with E-state index in [1.165, 1.54) is 0 Å². The van der Waals surface area contributed by atoms with Crippen molar-refractivity contribution in [2.24, 2.45) is 5.92 Å². The number of benzene rings is 1. The largest absolute Gasteiger partial charge is 0.353 e. The molecule has 0 unspecified atom stereocenters. The Labute approximate surface area is 155 Å². The van der Waals surface area contributed by atoms with Crippen LogP contribution in [0.15, 0.2) is 48.8 Å². The van der Waals surface area contributed by atoms with Crippen LogP contribution in [0.3, 0.4) is 0 Å². The molecule has 0 atom stereocenters. The van der Waals surface area contributed by atoms with E-state index < -0.39 is 0 Å². The van der Waals surface area contributed by atoms with Crippen LogP contribution in [-0.2, 0) is 4.79 Å². The Kier molecular flexibility index (Phi) is 5.76. The zero-order chi connectivity index (χ0) is 18.5. The molecule has 1 saturated heterocycles. The van der Waals surface area contributed by atoms with Gasteiger partial charge in [0.1, 0.15) is 0 Å².